The van der Waals surface area contributed by atoms with Crippen molar-refractivity contribution in [3.63, 3.8) is 0 Å². The van der Waals surface area contributed by atoms with Crippen molar-refractivity contribution < 1.29 is 9.53 Å². The van der Waals surface area contributed by atoms with Crippen LogP contribution in [0.3, 0.4) is 0 Å². The van der Waals surface area contributed by atoms with Gasteiger partial charge in [0.15, 0.2) is 0 Å². The van der Waals surface area contributed by atoms with Gasteiger partial charge in [-0.05, 0) is 25.0 Å². The van der Waals surface area contributed by atoms with Gasteiger partial charge in [-0.25, -0.2) is 0 Å². The second kappa shape index (κ2) is 5.54. The summed E-state index contributed by atoms with van der Waals surface area (Å²) in [5.74, 6) is 0.667. The maximum atomic E-state index is 12.0. The van der Waals surface area contributed by atoms with Crippen LogP contribution >= 0.6 is 0 Å². The summed E-state index contributed by atoms with van der Waals surface area (Å²) in [4.78, 5) is 12.0. The number of para-hydroxylation sites is 1. The highest BCUT2D eigenvalue weighted by Gasteiger charge is 2.26. The van der Waals surface area contributed by atoms with Crippen LogP contribution in [0.15, 0.2) is 24.3 Å². The first kappa shape index (κ1) is 12.4. The van der Waals surface area contributed by atoms with Crippen molar-refractivity contribution >= 4 is 5.91 Å². The molecule has 2 atom stereocenters. The quantitative estimate of drug-likeness (QED) is 0.879. The van der Waals surface area contributed by atoms with E-state index < -0.39 is 0 Å². The van der Waals surface area contributed by atoms with Crippen molar-refractivity contribution in [1.82, 2.24) is 5.32 Å². The summed E-state index contributed by atoms with van der Waals surface area (Å²) in [6.07, 6.45) is 1.02. The monoisotopic (exact) mass is 244 g/mol. The van der Waals surface area contributed by atoms with Crippen LogP contribution < -0.4 is 10.1 Å². The van der Waals surface area contributed by atoms with E-state index in [-0.39, 0.29) is 17.9 Å². The fourth-order valence-corrected chi connectivity index (χ4v) is 2.05. The molecule has 0 bridgehead atoms. The topological polar surface area (TPSA) is 62.1 Å². The van der Waals surface area contributed by atoms with Crippen LogP contribution in [0, 0.1) is 17.2 Å². The molecule has 0 radical (unpaired) electrons. The molecule has 1 aliphatic rings. The molecule has 2 unspecified atom stereocenters. The molecule has 1 aromatic rings. The molecule has 1 aliphatic heterocycles. The highest BCUT2D eigenvalue weighted by Crippen LogP contribution is 2.26. The molecule has 1 heterocycles. The lowest BCUT2D eigenvalue weighted by atomic mass is 9.96. The predicted octanol–water partition coefficient (Wildman–Crippen LogP) is 1.66. The van der Waals surface area contributed by atoms with Gasteiger partial charge in [0.05, 0.1) is 18.4 Å². The summed E-state index contributed by atoms with van der Waals surface area (Å²) in [5.41, 5.74) is 1.07. The van der Waals surface area contributed by atoms with Gasteiger partial charge in [-0.3, -0.25) is 4.79 Å². The van der Waals surface area contributed by atoms with Crippen LogP contribution in [0.25, 0.3) is 0 Å². The minimum Gasteiger partial charge on any atom is -0.492 e. The number of nitrogens with one attached hydrogen (secondary N) is 1. The summed E-state index contributed by atoms with van der Waals surface area (Å²) >= 11 is 0. The van der Waals surface area contributed by atoms with Gasteiger partial charge in [-0.2, -0.15) is 5.26 Å². The highest BCUT2D eigenvalue weighted by atomic mass is 16.5. The summed E-state index contributed by atoms with van der Waals surface area (Å²) in [6.45, 7) is 2.24. The molecule has 0 saturated carbocycles. The van der Waals surface area contributed by atoms with Crippen molar-refractivity contribution in [2.75, 3.05) is 6.61 Å². The van der Waals surface area contributed by atoms with Gasteiger partial charge >= 0.3 is 0 Å². The first-order valence-electron chi connectivity index (χ1n) is 6.08. The van der Waals surface area contributed by atoms with E-state index in [9.17, 15) is 4.79 Å². The minimum absolute atomic E-state index is 0.0350. The van der Waals surface area contributed by atoms with Crippen molar-refractivity contribution in [2.45, 2.75) is 25.8 Å². The van der Waals surface area contributed by atoms with Crippen LogP contribution in [0.4, 0.5) is 0 Å². The second-order valence-corrected chi connectivity index (χ2v) is 4.59. The number of benzene rings is 1. The molecule has 4 heteroatoms. The SMILES string of the molecule is CC(CC#N)NC(=O)C1COc2ccccc2C1. The third-order valence-electron chi connectivity index (χ3n) is 3.04. The number of carbonyl (C=O) groups is 1. The van der Waals surface area contributed by atoms with E-state index in [1.807, 2.05) is 37.3 Å². The second-order valence-electron chi connectivity index (χ2n) is 4.59. The number of ether oxygens (including phenoxy) is 1. The van der Waals surface area contributed by atoms with Crippen LogP contribution in [-0.2, 0) is 11.2 Å². The lowest BCUT2D eigenvalue weighted by Crippen LogP contribution is -2.41. The fourth-order valence-electron chi connectivity index (χ4n) is 2.05. The molecule has 18 heavy (non-hydrogen) atoms. The van der Waals surface area contributed by atoms with E-state index in [1.54, 1.807) is 0 Å². The van der Waals surface area contributed by atoms with Crippen molar-refractivity contribution in [1.29, 1.82) is 5.26 Å². The van der Waals surface area contributed by atoms with Gasteiger partial charge in [0, 0.05) is 6.04 Å². The van der Waals surface area contributed by atoms with Crippen LogP contribution in [-0.4, -0.2) is 18.6 Å². The minimum atomic E-state index is -0.166. The van der Waals surface area contributed by atoms with Crippen LogP contribution in [0.5, 0.6) is 5.75 Å². The number of hydrogen-bond donors (Lipinski definition) is 1. The molecular formula is C14H16N2O2. The maximum Gasteiger partial charge on any atom is 0.227 e. The van der Waals surface area contributed by atoms with Crippen LogP contribution in [0.1, 0.15) is 18.9 Å². The molecule has 1 amide bonds. The highest BCUT2D eigenvalue weighted by molar-refractivity contribution is 5.79. The van der Waals surface area contributed by atoms with E-state index in [1.165, 1.54) is 0 Å². The largest absolute Gasteiger partial charge is 0.492 e. The Bertz CT molecular complexity index is 479. The lowest BCUT2D eigenvalue weighted by Gasteiger charge is -2.25. The van der Waals surface area contributed by atoms with E-state index >= 15 is 0 Å². The molecule has 0 aromatic heterocycles. The third kappa shape index (κ3) is 2.80. The molecule has 0 fully saturated rings. The normalized spacial score (nSPS) is 19.0. The van der Waals surface area contributed by atoms with Crippen LogP contribution in [0.2, 0.25) is 0 Å². The lowest BCUT2D eigenvalue weighted by molar-refractivity contribution is -0.126. The molecular weight excluding hydrogens is 228 g/mol. The molecule has 0 spiro atoms. The van der Waals surface area contributed by atoms with Gasteiger partial charge in [0.25, 0.3) is 0 Å². The Balaban J connectivity index is 1.97. The zero-order chi connectivity index (χ0) is 13.0. The third-order valence-corrected chi connectivity index (χ3v) is 3.04. The number of nitriles is 1. The van der Waals surface area contributed by atoms with Gasteiger partial charge < -0.3 is 10.1 Å². The van der Waals surface area contributed by atoms with E-state index in [2.05, 4.69) is 5.32 Å². The molecule has 94 valence electrons. The Morgan fingerprint density at radius 1 is 1.61 bits per heavy atom. The molecule has 2 rings (SSSR count). The van der Waals surface area contributed by atoms with Crippen molar-refractivity contribution in [3.8, 4) is 11.8 Å². The number of carbonyl (C=O) groups excluding carboxylic acids is 1. The number of fused-ring (bicyclic) bond motifs is 1. The van der Waals surface area contributed by atoms with E-state index in [4.69, 9.17) is 10.00 Å². The predicted molar refractivity (Wildman–Crippen MR) is 67.0 cm³/mol. The average molecular weight is 244 g/mol. The molecule has 0 saturated heterocycles. The summed E-state index contributed by atoms with van der Waals surface area (Å²) in [7, 11) is 0. The Labute approximate surface area is 107 Å². The Morgan fingerprint density at radius 3 is 3.17 bits per heavy atom. The average Bonchev–Trinajstić information content (AvgIpc) is 2.38. The zero-order valence-electron chi connectivity index (χ0n) is 10.3. The number of nitrogens with zero attached hydrogens (tertiary/aromatic N) is 1. The van der Waals surface area contributed by atoms with Gasteiger partial charge in [0.1, 0.15) is 12.4 Å². The Kier molecular flexibility index (Phi) is 3.83. The summed E-state index contributed by atoms with van der Waals surface area (Å²) < 4.78 is 5.57. The first-order chi connectivity index (χ1) is 8.70. The van der Waals surface area contributed by atoms with Crippen molar-refractivity contribution in [2.24, 2.45) is 5.92 Å². The van der Waals surface area contributed by atoms with Crippen molar-refractivity contribution in [3.05, 3.63) is 29.8 Å². The molecule has 1 N–H and O–H groups in total. The van der Waals surface area contributed by atoms with Gasteiger partial charge in [-0.1, -0.05) is 18.2 Å². The number of hydrogen-bond acceptors (Lipinski definition) is 3. The molecule has 1 aromatic carbocycles. The standard InChI is InChI=1S/C14H16N2O2/c1-10(6-7-15)16-14(17)12-8-11-4-2-3-5-13(11)18-9-12/h2-5,10,12H,6,8-9H2,1H3,(H,16,17). The molecule has 4 nitrogen and oxygen atoms in total. The maximum absolute atomic E-state index is 12.0. The van der Waals surface area contributed by atoms with E-state index in [0.717, 1.165) is 11.3 Å². The fraction of sp³-hybridized carbons (Fsp3) is 0.429. The number of amides is 1. The Hall–Kier alpha value is -2.02. The Morgan fingerprint density at radius 2 is 2.39 bits per heavy atom. The molecule has 0 aliphatic carbocycles. The summed E-state index contributed by atoms with van der Waals surface area (Å²) in [5, 5.41) is 11.4. The summed E-state index contributed by atoms with van der Waals surface area (Å²) in [6, 6.07) is 9.70. The smallest absolute Gasteiger partial charge is 0.227 e. The first-order valence-corrected chi connectivity index (χ1v) is 6.08. The van der Waals surface area contributed by atoms with Gasteiger partial charge in [-0.15, -0.1) is 0 Å². The van der Waals surface area contributed by atoms with E-state index in [0.29, 0.717) is 19.4 Å². The number of rotatable bonds is 3. The zero-order valence-corrected chi connectivity index (χ0v) is 10.3. The van der Waals surface area contributed by atoms with Gasteiger partial charge in [0.2, 0.25) is 5.91 Å².